The summed E-state index contributed by atoms with van der Waals surface area (Å²) in [5.74, 6) is 0.151. The highest BCUT2D eigenvalue weighted by Gasteiger charge is 2.32. The van der Waals surface area contributed by atoms with E-state index in [1.165, 1.54) is 4.57 Å². The van der Waals surface area contributed by atoms with E-state index in [0.29, 0.717) is 29.6 Å². The van der Waals surface area contributed by atoms with Crippen LogP contribution in [0.25, 0.3) is 10.9 Å². The molecule has 6 nitrogen and oxygen atoms in total. The van der Waals surface area contributed by atoms with Gasteiger partial charge < -0.3 is 19.6 Å². The molecule has 124 valence electrons. The van der Waals surface area contributed by atoms with E-state index in [1.807, 2.05) is 18.7 Å². The first-order chi connectivity index (χ1) is 10.8. The van der Waals surface area contributed by atoms with Crippen LogP contribution in [-0.2, 0) is 7.05 Å². The molecule has 2 N–H and O–H groups in total. The molecule has 0 spiro atoms. The maximum absolute atomic E-state index is 12.9. The molecule has 6 heteroatoms. The van der Waals surface area contributed by atoms with Gasteiger partial charge in [0.1, 0.15) is 5.52 Å². The van der Waals surface area contributed by atoms with Crippen LogP contribution in [0.5, 0.6) is 0 Å². The first-order valence-electron chi connectivity index (χ1n) is 7.97. The topological polar surface area (TPSA) is 78.3 Å². The largest absolute Gasteiger partial charge is 0.390 e. The van der Waals surface area contributed by atoms with Crippen LogP contribution in [0.2, 0.25) is 0 Å². The van der Waals surface area contributed by atoms with Crippen molar-refractivity contribution >= 4 is 16.8 Å². The van der Waals surface area contributed by atoms with Gasteiger partial charge in [0, 0.05) is 37.9 Å². The fourth-order valence-corrected chi connectivity index (χ4v) is 3.40. The third-order valence-electron chi connectivity index (χ3n) is 4.91. The van der Waals surface area contributed by atoms with E-state index in [1.54, 1.807) is 25.5 Å². The van der Waals surface area contributed by atoms with Crippen LogP contribution >= 0.6 is 0 Å². The Kier molecular flexibility index (Phi) is 3.80. The zero-order valence-corrected chi connectivity index (χ0v) is 13.8. The van der Waals surface area contributed by atoms with Crippen LogP contribution in [-0.4, -0.2) is 44.2 Å². The Morgan fingerprint density at radius 2 is 2.00 bits per heavy atom. The molecule has 0 bridgehead atoms. The van der Waals surface area contributed by atoms with E-state index in [2.05, 4.69) is 4.98 Å². The number of rotatable bonds is 2. The number of hydrogen-bond donors (Lipinski definition) is 2. The Morgan fingerprint density at radius 3 is 2.61 bits per heavy atom. The highest BCUT2D eigenvalue weighted by molar-refractivity contribution is 6.05. The van der Waals surface area contributed by atoms with Crippen LogP contribution in [0, 0.1) is 5.92 Å². The summed E-state index contributed by atoms with van der Waals surface area (Å²) in [6, 6.07) is 1.77. The number of fused-ring (bicyclic) bond motifs is 1. The van der Waals surface area contributed by atoms with Crippen molar-refractivity contribution in [2.24, 2.45) is 13.0 Å². The number of nitrogens with zero attached hydrogens (tertiary/aromatic N) is 2. The second-order valence-corrected chi connectivity index (χ2v) is 6.95. The first kappa shape index (κ1) is 15.8. The van der Waals surface area contributed by atoms with Gasteiger partial charge in [-0.3, -0.25) is 9.59 Å². The number of nitrogens with one attached hydrogen (secondary N) is 1. The van der Waals surface area contributed by atoms with Crippen molar-refractivity contribution in [3.8, 4) is 0 Å². The number of aromatic amines is 1. The Labute approximate surface area is 134 Å². The summed E-state index contributed by atoms with van der Waals surface area (Å²) >= 11 is 0. The Balaban J connectivity index is 1.87. The number of aryl methyl sites for hydroxylation is 1. The Bertz CT molecular complexity index is 789. The maximum atomic E-state index is 12.9. The van der Waals surface area contributed by atoms with Gasteiger partial charge in [0.25, 0.3) is 11.5 Å². The number of H-pyrrole nitrogens is 1. The molecule has 1 aliphatic heterocycles. The number of pyridine rings is 1. The van der Waals surface area contributed by atoms with Gasteiger partial charge in [-0.25, -0.2) is 0 Å². The highest BCUT2D eigenvalue weighted by Crippen LogP contribution is 2.29. The molecule has 2 aromatic heterocycles. The number of carbonyl (C=O) groups excluding carboxylic acids is 1. The molecule has 1 amide bonds. The van der Waals surface area contributed by atoms with E-state index in [4.69, 9.17) is 0 Å². The molecule has 0 unspecified atom stereocenters. The van der Waals surface area contributed by atoms with Crippen LogP contribution in [0.1, 0.15) is 37.0 Å². The normalized spacial score (nSPS) is 17.0. The molecular formula is C17H23N3O3. The number of aromatic nitrogens is 2. The number of carbonyl (C=O) groups is 1. The Morgan fingerprint density at radius 1 is 1.35 bits per heavy atom. The van der Waals surface area contributed by atoms with Crippen molar-refractivity contribution < 1.29 is 9.90 Å². The summed E-state index contributed by atoms with van der Waals surface area (Å²) in [5, 5.41) is 10.8. The van der Waals surface area contributed by atoms with Crippen LogP contribution in [0.4, 0.5) is 0 Å². The first-order valence-corrected chi connectivity index (χ1v) is 7.97. The molecule has 3 heterocycles. The second kappa shape index (κ2) is 5.53. The average Bonchev–Trinajstić information content (AvgIpc) is 2.99. The maximum Gasteiger partial charge on any atom is 0.274 e. The molecule has 1 aliphatic rings. The minimum Gasteiger partial charge on any atom is -0.390 e. The van der Waals surface area contributed by atoms with Crippen molar-refractivity contribution in [2.75, 3.05) is 13.1 Å². The molecule has 3 rings (SSSR count). The molecule has 1 fully saturated rings. The number of aliphatic hydroxyl groups is 1. The standard InChI is InChI=1S/C17H23N3O3/c1-17(2,23)11-5-8-20(9-6-11)15(21)13-10-19(3)16(22)14-12(13)4-7-18-14/h4,7,10-11,18,23H,5-6,8-9H2,1-3H3. The van der Waals surface area contributed by atoms with Crippen molar-refractivity contribution in [1.29, 1.82) is 0 Å². The Hall–Kier alpha value is -2.08. The second-order valence-electron chi connectivity index (χ2n) is 6.95. The lowest BCUT2D eigenvalue weighted by molar-refractivity contribution is -0.0108. The summed E-state index contributed by atoms with van der Waals surface area (Å²) in [6.07, 6.45) is 4.88. The van der Waals surface area contributed by atoms with Gasteiger partial charge in [-0.1, -0.05) is 0 Å². The fourth-order valence-electron chi connectivity index (χ4n) is 3.40. The van der Waals surface area contributed by atoms with E-state index >= 15 is 0 Å². The lowest BCUT2D eigenvalue weighted by Gasteiger charge is -2.37. The summed E-state index contributed by atoms with van der Waals surface area (Å²) in [4.78, 5) is 29.7. The van der Waals surface area contributed by atoms with Gasteiger partial charge >= 0.3 is 0 Å². The highest BCUT2D eigenvalue weighted by atomic mass is 16.3. The van der Waals surface area contributed by atoms with Crippen molar-refractivity contribution in [2.45, 2.75) is 32.3 Å². The zero-order valence-electron chi connectivity index (χ0n) is 13.8. The lowest BCUT2D eigenvalue weighted by Crippen LogP contribution is -2.44. The molecule has 2 aromatic rings. The lowest BCUT2D eigenvalue weighted by atomic mass is 9.83. The number of likely N-dealkylation sites (tertiary alicyclic amines) is 1. The summed E-state index contributed by atoms with van der Waals surface area (Å²) in [5.41, 5.74) is 0.164. The third kappa shape index (κ3) is 2.79. The van der Waals surface area contributed by atoms with Gasteiger partial charge in [-0.15, -0.1) is 0 Å². The number of amides is 1. The molecule has 1 saturated heterocycles. The molecule has 0 aliphatic carbocycles. The number of hydrogen-bond acceptors (Lipinski definition) is 3. The van der Waals surface area contributed by atoms with E-state index in [9.17, 15) is 14.7 Å². The van der Waals surface area contributed by atoms with Crippen molar-refractivity contribution in [1.82, 2.24) is 14.5 Å². The average molecular weight is 317 g/mol. The molecule has 0 atom stereocenters. The monoisotopic (exact) mass is 317 g/mol. The van der Waals surface area contributed by atoms with Crippen molar-refractivity contribution in [3.05, 3.63) is 34.4 Å². The van der Waals surface area contributed by atoms with Gasteiger partial charge in [0.05, 0.1) is 11.2 Å². The third-order valence-corrected chi connectivity index (χ3v) is 4.91. The molecule has 0 saturated carbocycles. The van der Waals surface area contributed by atoms with Gasteiger partial charge in [-0.05, 0) is 38.7 Å². The molecule has 0 aromatic carbocycles. The molecule has 23 heavy (non-hydrogen) atoms. The van der Waals surface area contributed by atoms with Crippen molar-refractivity contribution in [3.63, 3.8) is 0 Å². The zero-order chi connectivity index (χ0) is 16.8. The smallest absolute Gasteiger partial charge is 0.274 e. The SMILES string of the molecule is Cn1cc(C(=O)N2CCC(C(C)(C)O)CC2)c2cc[nH]c2c1=O. The summed E-state index contributed by atoms with van der Waals surface area (Å²) < 4.78 is 1.44. The minimum atomic E-state index is -0.709. The number of piperidine rings is 1. The van der Waals surface area contributed by atoms with Gasteiger partial charge in [-0.2, -0.15) is 0 Å². The van der Waals surface area contributed by atoms with Crippen LogP contribution in [0.15, 0.2) is 23.3 Å². The summed E-state index contributed by atoms with van der Waals surface area (Å²) in [7, 11) is 1.65. The van der Waals surface area contributed by atoms with Gasteiger partial charge in [0.15, 0.2) is 0 Å². The minimum absolute atomic E-state index is 0.0561. The quantitative estimate of drug-likeness (QED) is 0.881. The predicted octanol–water partition coefficient (Wildman–Crippen LogP) is 1.49. The van der Waals surface area contributed by atoms with Crippen LogP contribution in [0.3, 0.4) is 0 Å². The van der Waals surface area contributed by atoms with Gasteiger partial charge in [0.2, 0.25) is 0 Å². The fraction of sp³-hybridized carbons (Fsp3) is 0.529. The molecular weight excluding hydrogens is 294 g/mol. The predicted molar refractivity (Wildman–Crippen MR) is 88.5 cm³/mol. The van der Waals surface area contributed by atoms with E-state index in [0.717, 1.165) is 12.8 Å². The molecule has 0 radical (unpaired) electrons. The summed E-state index contributed by atoms with van der Waals surface area (Å²) in [6.45, 7) is 4.90. The van der Waals surface area contributed by atoms with E-state index < -0.39 is 5.60 Å². The van der Waals surface area contributed by atoms with Crippen LogP contribution < -0.4 is 5.56 Å². The van der Waals surface area contributed by atoms with E-state index in [-0.39, 0.29) is 17.4 Å².